The Bertz CT molecular complexity index is 807. The zero-order chi connectivity index (χ0) is 17.8. The van der Waals surface area contributed by atoms with Crippen LogP contribution in [0.1, 0.15) is 18.4 Å². The quantitative estimate of drug-likeness (QED) is 0.824. The summed E-state index contributed by atoms with van der Waals surface area (Å²) in [6.07, 6.45) is 0.919. The number of fused-ring (bicyclic) bond motifs is 1. The Morgan fingerprint density at radius 2 is 2.08 bits per heavy atom. The lowest BCUT2D eigenvalue weighted by Crippen LogP contribution is -2.39. The van der Waals surface area contributed by atoms with Crippen LogP contribution in [0.4, 0.5) is 11.4 Å². The molecule has 0 atom stereocenters. The highest BCUT2D eigenvalue weighted by atomic mass is 79.9. The number of carbonyl (C=O) groups is 2. The number of benzene rings is 2. The van der Waals surface area contributed by atoms with Crippen molar-refractivity contribution >= 4 is 39.1 Å². The Morgan fingerprint density at radius 1 is 1.28 bits per heavy atom. The van der Waals surface area contributed by atoms with Crippen LogP contribution in [0.5, 0.6) is 5.75 Å². The molecule has 1 aliphatic heterocycles. The summed E-state index contributed by atoms with van der Waals surface area (Å²) in [5, 5.41) is 2.87. The molecule has 1 N–H and O–H groups in total. The molecule has 3 rings (SSSR count). The fraction of sp³-hybridized carbons (Fsp3) is 0.263. The zero-order valence-corrected chi connectivity index (χ0v) is 15.5. The van der Waals surface area contributed by atoms with Gasteiger partial charge < -0.3 is 15.0 Å². The maximum absolute atomic E-state index is 12.2. The van der Waals surface area contributed by atoms with Gasteiger partial charge in [-0.05, 0) is 59.1 Å². The number of anilines is 2. The molecule has 0 radical (unpaired) electrons. The van der Waals surface area contributed by atoms with E-state index in [1.165, 1.54) is 0 Å². The number of amides is 2. The van der Waals surface area contributed by atoms with Crippen LogP contribution in [0, 0.1) is 6.92 Å². The molecular formula is C19H19BrN2O3. The van der Waals surface area contributed by atoms with E-state index in [4.69, 9.17) is 4.74 Å². The topological polar surface area (TPSA) is 58.6 Å². The first-order valence-corrected chi connectivity index (χ1v) is 8.92. The number of para-hydroxylation sites is 1. The molecule has 1 aliphatic rings. The first kappa shape index (κ1) is 17.5. The fourth-order valence-corrected chi connectivity index (χ4v) is 3.11. The van der Waals surface area contributed by atoms with Crippen LogP contribution in [0.2, 0.25) is 0 Å². The molecule has 0 saturated heterocycles. The van der Waals surface area contributed by atoms with Crippen molar-refractivity contribution < 1.29 is 14.3 Å². The third-order valence-corrected chi connectivity index (χ3v) is 4.68. The summed E-state index contributed by atoms with van der Waals surface area (Å²) < 4.78 is 6.31. The maximum Gasteiger partial charge on any atom is 0.265 e. The zero-order valence-electron chi connectivity index (χ0n) is 13.9. The molecule has 0 fully saturated rings. The van der Waals surface area contributed by atoms with E-state index in [1.54, 1.807) is 4.90 Å². The van der Waals surface area contributed by atoms with E-state index < -0.39 is 0 Å². The molecule has 0 saturated carbocycles. The summed E-state index contributed by atoms with van der Waals surface area (Å²) in [6.45, 7) is 2.50. The molecule has 0 aromatic heterocycles. The van der Waals surface area contributed by atoms with Crippen LogP contribution in [-0.4, -0.2) is 25.0 Å². The van der Waals surface area contributed by atoms with Gasteiger partial charge in [-0.3, -0.25) is 9.59 Å². The minimum Gasteiger partial charge on any atom is -0.482 e. The predicted molar refractivity (Wildman–Crippen MR) is 101 cm³/mol. The lowest BCUT2D eigenvalue weighted by Gasteiger charge is -2.29. The number of halogens is 1. The molecule has 130 valence electrons. The number of ether oxygens (including phenoxy) is 1. The fourth-order valence-electron chi connectivity index (χ4n) is 2.73. The minimum atomic E-state index is -0.0793. The Balaban J connectivity index is 1.59. The highest BCUT2D eigenvalue weighted by molar-refractivity contribution is 9.10. The van der Waals surface area contributed by atoms with Crippen molar-refractivity contribution in [2.45, 2.75) is 19.8 Å². The molecule has 6 heteroatoms. The normalized spacial score (nSPS) is 13.2. The van der Waals surface area contributed by atoms with E-state index in [1.807, 2.05) is 49.4 Å². The van der Waals surface area contributed by atoms with Gasteiger partial charge >= 0.3 is 0 Å². The van der Waals surface area contributed by atoms with E-state index in [9.17, 15) is 9.59 Å². The smallest absolute Gasteiger partial charge is 0.265 e. The Morgan fingerprint density at radius 3 is 2.88 bits per heavy atom. The highest BCUT2D eigenvalue weighted by Gasteiger charge is 2.25. The minimum absolute atomic E-state index is 0.0409. The number of rotatable bonds is 5. The maximum atomic E-state index is 12.2. The van der Waals surface area contributed by atoms with Crippen LogP contribution in [0.25, 0.3) is 0 Å². The van der Waals surface area contributed by atoms with Crippen LogP contribution in [-0.2, 0) is 9.59 Å². The number of aryl methyl sites for hydroxylation is 1. The average Bonchev–Trinajstić information content (AvgIpc) is 2.59. The number of carbonyl (C=O) groups excluding carboxylic acids is 2. The van der Waals surface area contributed by atoms with Gasteiger partial charge in [-0.15, -0.1) is 0 Å². The van der Waals surface area contributed by atoms with Gasteiger partial charge in [0.25, 0.3) is 5.91 Å². The second-order valence-corrected chi connectivity index (χ2v) is 6.79. The summed E-state index contributed by atoms with van der Waals surface area (Å²) in [7, 11) is 0. The van der Waals surface area contributed by atoms with Crippen molar-refractivity contribution in [3.05, 3.63) is 52.5 Å². The second-order valence-electron chi connectivity index (χ2n) is 5.94. The van der Waals surface area contributed by atoms with Crippen LogP contribution < -0.4 is 15.0 Å². The number of nitrogens with one attached hydrogen (secondary N) is 1. The van der Waals surface area contributed by atoms with Gasteiger partial charge in [-0.1, -0.05) is 18.2 Å². The van der Waals surface area contributed by atoms with Gasteiger partial charge in [0.2, 0.25) is 5.91 Å². The molecule has 0 unspecified atom stereocenters. The van der Waals surface area contributed by atoms with Crippen molar-refractivity contribution in [3.8, 4) is 5.75 Å². The molecule has 2 amide bonds. The first-order chi connectivity index (χ1) is 12.0. The van der Waals surface area contributed by atoms with E-state index in [0.29, 0.717) is 25.1 Å². The van der Waals surface area contributed by atoms with Crippen molar-refractivity contribution in [1.29, 1.82) is 0 Å². The van der Waals surface area contributed by atoms with Crippen LogP contribution in [0.15, 0.2) is 46.9 Å². The standard InChI is InChI=1S/C19H19BrN2O3/c1-13-8-9-17-16(11-13)22(19(24)12-25-17)10-4-7-18(23)21-15-6-3-2-5-14(15)20/h2-3,5-6,8-9,11H,4,7,10,12H2,1H3,(H,21,23). The summed E-state index contributed by atoms with van der Waals surface area (Å²) in [4.78, 5) is 26.0. The van der Waals surface area contributed by atoms with E-state index in [-0.39, 0.29) is 18.4 Å². The molecule has 0 bridgehead atoms. The third kappa shape index (κ3) is 4.20. The molecule has 0 spiro atoms. The first-order valence-electron chi connectivity index (χ1n) is 8.13. The van der Waals surface area contributed by atoms with Crippen molar-refractivity contribution in [3.63, 3.8) is 0 Å². The van der Waals surface area contributed by atoms with Gasteiger partial charge in [0.15, 0.2) is 6.61 Å². The highest BCUT2D eigenvalue weighted by Crippen LogP contribution is 2.33. The summed E-state index contributed by atoms with van der Waals surface area (Å²) >= 11 is 3.41. The largest absolute Gasteiger partial charge is 0.482 e. The van der Waals surface area contributed by atoms with Crippen LogP contribution in [0.3, 0.4) is 0 Å². The monoisotopic (exact) mass is 402 g/mol. The Hall–Kier alpha value is -2.34. The number of hydrogen-bond donors (Lipinski definition) is 1. The summed E-state index contributed by atoms with van der Waals surface area (Å²) in [5.41, 5.74) is 2.59. The van der Waals surface area contributed by atoms with E-state index in [0.717, 1.165) is 21.4 Å². The second kappa shape index (κ2) is 7.70. The molecule has 0 aliphatic carbocycles. The molecule has 5 nitrogen and oxygen atoms in total. The Labute approximate surface area is 155 Å². The third-order valence-electron chi connectivity index (χ3n) is 3.99. The Kier molecular flexibility index (Phi) is 5.38. The van der Waals surface area contributed by atoms with Gasteiger partial charge in [-0.25, -0.2) is 0 Å². The average molecular weight is 403 g/mol. The molecule has 25 heavy (non-hydrogen) atoms. The number of hydrogen-bond acceptors (Lipinski definition) is 3. The van der Waals surface area contributed by atoms with Crippen LogP contribution >= 0.6 is 15.9 Å². The van der Waals surface area contributed by atoms with Gasteiger partial charge in [0, 0.05) is 17.4 Å². The van der Waals surface area contributed by atoms with Crippen molar-refractivity contribution in [2.24, 2.45) is 0 Å². The number of nitrogens with zero attached hydrogens (tertiary/aromatic N) is 1. The van der Waals surface area contributed by atoms with Crippen molar-refractivity contribution in [1.82, 2.24) is 0 Å². The summed E-state index contributed by atoms with van der Waals surface area (Å²) in [5.74, 6) is 0.559. The van der Waals surface area contributed by atoms with Gasteiger partial charge in [0.1, 0.15) is 5.75 Å². The molecular weight excluding hydrogens is 384 g/mol. The lowest BCUT2D eigenvalue weighted by molar-refractivity contribution is -0.121. The predicted octanol–water partition coefficient (Wildman–Crippen LogP) is 3.90. The lowest BCUT2D eigenvalue weighted by atomic mass is 10.1. The SMILES string of the molecule is Cc1ccc2c(c1)N(CCCC(=O)Nc1ccccc1Br)C(=O)CO2. The molecule has 2 aromatic rings. The summed E-state index contributed by atoms with van der Waals surface area (Å²) in [6, 6.07) is 13.2. The van der Waals surface area contributed by atoms with E-state index >= 15 is 0 Å². The van der Waals surface area contributed by atoms with Gasteiger partial charge in [-0.2, -0.15) is 0 Å². The van der Waals surface area contributed by atoms with Crippen molar-refractivity contribution in [2.75, 3.05) is 23.4 Å². The van der Waals surface area contributed by atoms with E-state index in [2.05, 4.69) is 21.2 Å². The van der Waals surface area contributed by atoms with Gasteiger partial charge in [0.05, 0.1) is 11.4 Å². The molecule has 2 aromatic carbocycles. The molecule has 1 heterocycles.